The maximum Gasteiger partial charge on any atom is 0.161 e. The number of ether oxygens (including phenoxy) is 2. The van der Waals surface area contributed by atoms with E-state index in [-0.39, 0.29) is 12.5 Å². The van der Waals surface area contributed by atoms with Crippen molar-refractivity contribution in [1.82, 2.24) is 0 Å². The van der Waals surface area contributed by atoms with Crippen LogP contribution in [0.4, 0.5) is 0 Å². The van der Waals surface area contributed by atoms with Gasteiger partial charge >= 0.3 is 0 Å². The largest absolute Gasteiger partial charge is 0.550 e. The van der Waals surface area contributed by atoms with Crippen molar-refractivity contribution in [2.75, 3.05) is 13.7 Å². The van der Waals surface area contributed by atoms with Crippen molar-refractivity contribution in [2.45, 2.75) is 18.9 Å². The van der Waals surface area contributed by atoms with Crippen molar-refractivity contribution >= 4 is 5.97 Å². The minimum Gasteiger partial charge on any atom is -0.550 e. The standard InChI is InChI=1S/C18H21NO4/c1-22-17-11-14(15(19)12-18(20)21)7-8-16(17)23-10-9-13-5-3-2-4-6-13/h2-8,11,15H,9-10,12,19H2,1H3,(H,20,21)/t15-/m0/s1. The summed E-state index contributed by atoms with van der Waals surface area (Å²) >= 11 is 0. The van der Waals surface area contributed by atoms with E-state index in [2.05, 4.69) is 17.9 Å². The summed E-state index contributed by atoms with van der Waals surface area (Å²) in [4.78, 5) is 10.7. The molecule has 0 heterocycles. The number of benzene rings is 2. The molecule has 23 heavy (non-hydrogen) atoms. The van der Waals surface area contributed by atoms with Crippen LogP contribution in [-0.2, 0) is 11.2 Å². The molecule has 0 radical (unpaired) electrons. The minimum absolute atomic E-state index is 0.128. The number of carboxylic acids is 1. The molecule has 1 atom stereocenters. The van der Waals surface area contributed by atoms with Gasteiger partial charge in [0.1, 0.15) is 6.04 Å². The highest BCUT2D eigenvalue weighted by Crippen LogP contribution is 2.30. The van der Waals surface area contributed by atoms with Crippen molar-refractivity contribution in [2.24, 2.45) is 0 Å². The summed E-state index contributed by atoms with van der Waals surface area (Å²) in [6.45, 7) is 0.534. The molecular weight excluding hydrogens is 294 g/mol. The van der Waals surface area contributed by atoms with Gasteiger partial charge in [0.05, 0.1) is 13.7 Å². The molecule has 0 fully saturated rings. The molecule has 2 rings (SSSR count). The molecule has 0 saturated carbocycles. The predicted octanol–water partition coefficient (Wildman–Crippen LogP) is 0.740. The highest BCUT2D eigenvalue weighted by molar-refractivity contribution is 5.65. The lowest BCUT2D eigenvalue weighted by atomic mass is 10.0. The van der Waals surface area contributed by atoms with Crippen LogP contribution in [0, 0.1) is 0 Å². The Morgan fingerprint density at radius 2 is 1.91 bits per heavy atom. The fraction of sp³-hybridized carbons (Fsp3) is 0.278. The van der Waals surface area contributed by atoms with Crippen LogP contribution in [0.15, 0.2) is 48.5 Å². The van der Waals surface area contributed by atoms with Crippen molar-refractivity contribution in [3.63, 3.8) is 0 Å². The van der Waals surface area contributed by atoms with Crippen LogP contribution in [0.25, 0.3) is 0 Å². The first-order valence-corrected chi connectivity index (χ1v) is 7.47. The summed E-state index contributed by atoms with van der Waals surface area (Å²) in [6, 6.07) is 15.0. The van der Waals surface area contributed by atoms with Crippen molar-refractivity contribution < 1.29 is 25.1 Å². The zero-order valence-electron chi connectivity index (χ0n) is 13.2. The number of rotatable bonds is 8. The molecule has 2 aromatic carbocycles. The fourth-order valence-electron chi connectivity index (χ4n) is 2.30. The maximum absolute atomic E-state index is 10.7. The quantitative estimate of drug-likeness (QED) is 0.778. The molecule has 0 aliphatic heterocycles. The summed E-state index contributed by atoms with van der Waals surface area (Å²) in [6.07, 6.45) is 0.672. The Bertz CT molecular complexity index is 643. The second-order valence-corrected chi connectivity index (χ2v) is 5.27. The highest BCUT2D eigenvalue weighted by Gasteiger charge is 2.14. The van der Waals surface area contributed by atoms with Gasteiger partial charge in [-0.25, -0.2) is 0 Å². The second-order valence-electron chi connectivity index (χ2n) is 5.27. The summed E-state index contributed by atoms with van der Waals surface area (Å²) < 4.78 is 11.1. The van der Waals surface area contributed by atoms with E-state index in [1.807, 2.05) is 18.2 Å². The van der Waals surface area contributed by atoms with E-state index >= 15 is 0 Å². The van der Waals surface area contributed by atoms with Crippen LogP contribution >= 0.6 is 0 Å². The number of quaternary nitrogens is 1. The van der Waals surface area contributed by atoms with Gasteiger partial charge < -0.3 is 25.1 Å². The third-order valence-corrected chi connectivity index (χ3v) is 3.56. The number of methoxy groups -OCH3 is 1. The number of carboxylic acid groups (broad SMARTS) is 1. The lowest BCUT2D eigenvalue weighted by Gasteiger charge is -2.14. The third-order valence-electron chi connectivity index (χ3n) is 3.56. The SMILES string of the molecule is COc1cc([C@@H]([NH3+])CC(=O)[O-])ccc1OCCc1ccccc1. The number of carbonyl (C=O) groups excluding carboxylic acids is 1. The van der Waals surface area contributed by atoms with Gasteiger partial charge in [-0.15, -0.1) is 0 Å². The third kappa shape index (κ3) is 5.00. The highest BCUT2D eigenvalue weighted by atomic mass is 16.5. The van der Waals surface area contributed by atoms with Crippen LogP contribution in [0.3, 0.4) is 0 Å². The molecule has 122 valence electrons. The zero-order valence-corrected chi connectivity index (χ0v) is 13.2. The van der Waals surface area contributed by atoms with Crippen molar-refractivity contribution in [3.8, 4) is 11.5 Å². The molecule has 0 amide bonds. The molecule has 0 saturated heterocycles. The van der Waals surface area contributed by atoms with E-state index in [0.29, 0.717) is 18.1 Å². The first-order chi connectivity index (χ1) is 11.1. The molecule has 0 aliphatic rings. The normalized spacial score (nSPS) is 11.7. The topological polar surface area (TPSA) is 86.2 Å². The molecule has 5 nitrogen and oxygen atoms in total. The van der Waals surface area contributed by atoms with E-state index in [4.69, 9.17) is 9.47 Å². The molecule has 0 unspecified atom stereocenters. The first-order valence-electron chi connectivity index (χ1n) is 7.47. The molecule has 3 N–H and O–H groups in total. The van der Waals surface area contributed by atoms with Gasteiger partial charge in [0.25, 0.3) is 0 Å². The number of hydrogen-bond donors (Lipinski definition) is 1. The second kappa shape index (κ2) is 8.19. The average molecular weight is 315 g/mol. The van der Waals surface area contributed by atoms with Gasteiger partial charge in [-0.2, -0.15) is 0 Å². The summed E-state index contributed by atoms with van der Waals surface area (Å²) in [7, 11) is 1.56. The Balaban J connectivity index is 2.00. The average Bonchev–Trinajstić information content (AvgIpc) is 2.55. The predicted molar refractivity (Wildman–Crippen MR) is 83.9 cm³/mol. The van der Waals surface area contributed by atoms with Crippen molar-refractivity contribution in [1.29, 1.82) is 0 Å². The van der Waals surface area contributed by atoms with Crippen LogP contribution < -0.4 is 20.3 Å². The molecular formula is C18H21NO4. The molecule has 0 spiro atoms. The number of hydrogen-bond acceptors (Lipinski definition) is 4. The molecule has 0 aliphatic carbocycles. The van der Waals surface area contributed by atoms with Gasteiger partial charge in [0.15, 0.2) is 11.5 Å². The van der Waals surface area contributed by atoms with Gasteiger partial charge in [-0.1, -0.05) is 30.3 Å². The Hall–Kier alpha value is -2.53. The van der Waals surface area contributed by atoms with E-state index in [1.54, 1.807) is 25.3 Å². The van der Waals surface area contributed by atoms with Gasteiger partial charge in [-0.3, -0.25) is 0 Å². The monoisotopic (exact) mass is 315 g/mol. The zero-order chi connectivity index (χ0) is 16.7. The lowest BCUT2D eigenvalue weighted by molar-refractivity contribution is -0.430. The van der Waals surface area contributed by atoms with Crippen LogP contribution in [-0.4, -0.2) is 19.7 Å². The minimum atomic E-state index is -1.12. The van der Waals surface area contributed by atoms with E-state index in [0.717, 1.165) is 12.0 Å². The lowest BCUT2D eigenvalue weighted by Crippen LogP contribution is -2.55. The van der Waals surface area contributed by atoms with E-state index in [1.165, 1.54) is 5.56 Å². The van der Waals surface area contributed by atoms with Gasteiger partial charge in [0.2, 0.25) is 0 Å². The fourth-order valence-corrected chi connectivity index (χ4v) is 2.30. The number of carbonyl (C=O) groups is 1. The Morgan fingerprint density at radius 1 is 1.17 bits per heavy atom. The smallest absolute Gasteiger partial charge is 0.161 e. The molecule has 2 aromatic rings. The summed E-state index contributed by atoms with van der Waals surface area (Å²) in [5, 5.41) is 10.7. The number of aliphatic carboxylic acids is 1. The summed E-state index contributed by atoms with van der Waals surface area (Å²) in [5.74, 6) is 0.0857. The molecule has 0 aromatic heterocycles. The Labute approximate surface area is 135 Å². The van der Waals surface area contributed by atoms with Crippen LogP contribution in [0.5, 0.6) is 11.5 Å². The maximum atomic E-state index is 10.7. The van der Waals surface area contributed by atoms with Crippen molar-refractivity contribution in [3.05, 3.63) is 59.7 Å². The Morgan fingerprint density at radius 3 is 2.57 bits per heavy atom. The van der Waals surface area contributed by atoms with Crippen LogP contribution in [0.1, 0.15) is 23.6 Å². The molecule has 0 bridgehead atoms. The van der Waals surface area contributed by atoms with E-state index < -0.39 is 5.97 Å². The van der Waals surface area contributed by atoms with Crippen LogP contribution in [0.2, 0.25) is 0 Å². The van der Waals surface area contributed by atoms with E-state index in [9.17, 15) is 9.90 Å². The molecule has 5 heteroatoms. The summed E-state index contributed by atoms with van der Waals surface area (Å²) in [5.41, 5.74) is 5.82. The van der Waals surface area contributed by atoms with Gasteiger partial charge in [0, 0.05) is 24.4 Å². The van der Waals surface area contributed by atoms with Gasteiger partial charge in [-0.05, 0) is 23.8 Å². The Kier molecular flexibility index (Phi) is 6.00. The first kappa shape index (κ1) is 16.8.